The molecule has 4 nitrogen and oxygen atoms in total. The number of amides is 1. The molecule has 1 aromatic rings. The second-order valence-electron chi connectivity index (χ2n) is 3.35. The minimum Gasteiger partial charge on any atom is -0.478 e. The smallest absolute Gasteiger partial charge is 0.286 e. The van der Waals surface area contributed by atoms with Gasteiger partial charge in [-0.15, -0.1) is 0 Å². The molecule has 0 radical (unpaired) electrons. The Bertz CT molecular complexity index is 412. The molecule has 1 atom stereocenters. The average Bonchev–Trinajstić information content (AvgIpc) is 2.30. The molecular formula is C11H13F2NO3. The predicted molar refractivity (Wildman–Crippen MR) is 56.2 cm³/mol. The maximum atomic E-state index is 13.2. The van der Waals surface area contributed by atoms with Crippen LogP contribution in [0.3, 0.4) is 0 Å². The number of hydroxylamine groups is 2. The summed E-state index contributed by atoms with van der Waals surface area (Å²) >= 11 is 0. The summed E-state index contributed by atoms with van der Waals surface area (Å²) in [5.74, 6) is -2.22. The van der Waals surface area contributed by atoms with Crippen LogP contribution in [0, 0.1) is 11.6 Å². The molecule has 6 heteroatoms. The highest BCUT2D eigenvalue weighted by atomic mass is 19.1. The van der Waals surface area contributed by atoms with Gasteiger partial charge in [0.05, 0.1) is 7.11 Å². The van der Waals surface area contributed by atoms with Gasteiger partial charge in [-0.2, -0.15) is 0 Å². The summed E-state index contributed by atoms with van der Waals surface area (Å²) in [6, 6.07) is 2.86. The summed E-state index contributed by atoms with van der Waals surface area (Å²) in [5, 5.41) is 0.964. The first kappa shape index (κ1) is 13.4. The Labute approximate surface area is 97.7 Å². The van der Waals surface area contributed by atoms with E-state index >= 15 is 0 Å². The highest BCUT2D eigenvalue weighted by molar-refractivity contribution is 5.79. The van der Waals surface area contributed by atoms with Crippen LogP contribution >= 0.6 is 0 Å². The predicted octanol–water partition coefficient (Wildman–Crippen LogP) is 1.75. The molecule has 1 amide bonds. The van der Waals surface area contributed by atoms with Crippen molar-refractivity contribution in [2.75, 3.05) is 14.2 Å². The molecule has 17 heavy (non-hydrogen) atoms. The first-order valence-corrected chi connectivity index (χ1v) is 4.89. The van der Waals surface area contributed by atoms with Crippen molar-refractivity contribution in [3.8, 4) is 5.75 Å². The summed E-state index contributed by atoms with van der Waals surface area (Å²) in [6.07, 6.45) is -0.931. The van der Waals surface area contributed by atoms with Crippen LogP contribution in [-0.2, 0) is 9.63 Å². The van der Waals surface area contributed by atoms with Crippen molar-refractivity contribution in [3.63, 3.8) is 0 Å². The summed E-state index contributed by atoms with van der Waals surface area (Å²) in [5.41, 5.74) is 0. The average molecular weight is 245 g/mol. The van der Waals surface area contributed by atoms with Crippen molar-refractivity contribution in [2.24, 2.45) is 0 Å². The first-order chi connectivity index (χ1) is 7.95. The number of benzene rings is 1. The Morgan fingerprint density at radius 3 is 2.59 bits per heavy atom. The minimum absolute atomic E-state index is 0.184. The second kappa shape index (κ2) is 5.58. The topological polar surface area (TPSA) is 38.8 Å². The summed E-state index contributed by atoms with van der Waals surface area (Å²) in [6.45, 7) is 1.45. The Morgan fingerprint density at radius 1 is 1.41 bits per heavy atom. The van der Waals surface area contributed by atoms with E-state index in [1.165, 1.54) is 21.1 Å². The van der Waals surface area contributed by atoms with Gasteiger partial charge in [0.1, 0.15) is 5.82 Å². The van der Waals surface area contributed by atoms with E-state index in [-0.39, 0.29) is 5.75 Å². The first-order valence-electron chi connectivity index (χ1n) is 4.89. The molecule has 0 bridgehead atoms. The zero-order valence-electron chi connectivity index (χ0n) is 9.74. The number of halogens is 2. The number of ether oxygens (including phenoxy) is 1. The second-order valence-corrected chi connectivity index (χ2v) is 3.35. The summed E-state index contributed by atoms with van der Waals surface area (Å²) in [7, 11) is 2.73. The van der Waals surface area contributed by atoms with Crippen LogP contribution in [0.1, 0.15) is 6.92 Å². The van der Waals surface area contributed by atoms with Crippen LogP contribution in [0.2, 0.25) is 0 Å². The lowest BCUT2D eigenvalue weighted by atomic mass is 10.3. The van der Waals surface area contributed by atoms with Crippen molar-refractivity contribution in [1.82, 2.24) is 5.06 Å². The van der Waals surface area contributed by atoms with Crippen molar-refractivity contribution in [1.29, 1.82) is 0 Å². The van der Waals surface area contributed by atoms with Gasteiger partial charge in [-0.25, -0.2) is 13.8 Å². The molecule has 1 unspecified atom stereocenters. The molecule has 0 aliphatic carbocycles. The third-order valence-corrected chi connectivity index (χ3v) is 2.13. The molecule has 0 spiro atoms. The fraction of sp³-hybridized carbons (Fsp3) is 0.364. The van der Waals surface area contributed by atoms with E-state index in [4.69, 9.17) is 4.74 Å². The molecule has 0 heterocycles. The van der Waals surface area contributed by atoms with Crippen molar-refractivity contribution < 1.29 is 23.1 Å². The monoisotopic (exact) mass is 245 g/mol. The highest BCUT2D eigenvalue weighted by Crippen LogP contribution is 2.19. The molecule has 0 N–H and O–H groups in total. The van der Waals surface area contributed by atoms with E-state index in [0.29, 0.717) is 6.07 Å². The molecule has 94 valence electrons. The number of hydrogen-bond donors (Lipinski definition) is 0. The Balaban J connectivity index is 2.74. The molecule has 0 aromatic heterocycles. The van der Waals surface area contributed by atoms with Gasteiger partial charge in [-0.05, 0) is 19.1 Å². The van der Waals surface area contributed by atoms with Gasteiger partial charge < -0.3 is 4.74 Å². The largest absolute Gasteiger partial charge is 0.478 e. The van der Waals surface area contributed by atoms with Gasteiger partial charge in [0.15, 0.2) is 17.7 Å². The maximum absolute atomic E-state index is 13.2. The van der Waals surface area contributed by atoms with E-state index < -0.39 is 23.6 Å². The van der Waals surface area contributed by atoms with Crippen molar-refractivity contribution in [3.05, 3.63) is 29.8 Å². The third-order valence-electron chi connectivity index (χ3n) is 2.13. The van der Waals surface area contributed by atoms with Crippen LogP contribution in [0.15, 0.2) is 18.2 Å². The number of carbonyl (C=O) groups excluding carboxylic acids is 1. The fourth-order valence-corrected chi connectivity index (χ4v) is 1.16. The van der Waals surface area contributed by atoms with Gasteiger partial charge in [0.2, 0.25) is 0 Å². The van der Waals surface area contributed by atoms with E-state index in [0.717, 1.165) is 17.2 Å². The minimum atomic E-state index is -0.931. The van der Waals surface area contributed by atoms with Gasteiger partial charge in [-0.3, -0.25) is 9.63 Å². The Morgan fingerprint density at radius 2 is 2.06 bits per heavy atom. The van der Waals surface area contributed by atoms with E-state index in [1.807, 2.05) is 0 Å². The van der Waals surface area contributed by atoms with Crippen molar-refractivity contribution >= 4 is 5.91 Å². The maximum Gasteiger partial charge on any atom is 0.286 e. The van der Waals surface area contributed by atoms with Crippen LogP contribution in [0.25, 0.3) is 0 Å². The molecule has 1 aromatic carbocycles. The van der Waals surface area contributed by atoms with Gasteiger partial charge in [-0.1, -0.05) is 0 Å². The van der Waals surface area contributed by atoms with Gasteiger partial charge in [0.25, 0.3) is 5.91 Å². The molecule has 0 aliphatic rings. The van der Waals surface area contributed by atoms with E-state index in [9.17, 15) is 13.6 Å². The fourth-order valence-electron chi connectivity index (χ4n) is 1.16. The third kappa shape index (κ3) is 3.39. The zero-order valence-corrected chi connectivity index (χ0v) is 9.74. The summed E-state index contributed by atoms with van der Waals surface area (Å²) in [4.78, 5) is 16.2. The van der Waals surface area contributed by atoms with Crippen molar-refractivity contribution in [2.45, 2.75) is 13.0 Å². The molecular weight excluding hydrogens is 232 g/mol. The normalized spacial score (nSPS) is 12.1. The Hall–Kier alpha value is -1.69. The molecule has 0 saturated heterocycles. The number of nitrogens with zero attached hydrogens (tertiary/aromatic N) is 1. The van der Waals surface area contributed by atoms with Crippen LogP contribution < -0.4 is 4.74 Å². The lowest BCUT2D eigenvalue weighted by Crippen LogP contribution is -2.37. The lowest BCUT2D eigenvalue weighted by molar-refractivity contribution is -0.175. The lowest BCUT2D eigenvalue weighted by Gasteiger charge is -2.19. The van der Waals surface area contributed by atoms with Crippen LogP contribution in [0.5, 0.6) is 5.75 Å². The zero-order chi connectivity index (χ0) is 13.0. The highest BCUT2D eigenvalue weighted by Gasteiger charge is 2.20. The Kier molecular flexibility index (Phi) is 4.39. The molecule has 1 rings (SSSR count). The standard InChI is InChI=1S/C11H13F2NO3/c1-7(11(15)14(2)16-3)17-10-5-4-8(12)6-9(10)13/h4-7H,1-3H3. The molecule has 0 saturated carbocycles. The number of carbonyl (C=O) groups is 1. The molecule has 0 aliphatic heterocycles. The molecule has 0 fully saturated rings. The van der Waals surface area contributed by atoms with Gasteiger partial charge in [0, 0.05) is 13.1 Å². The van der Waals surface area contributed by atoms with E-state index in [1.54, 1.807) is 0 Å². The number of hydrogen-bond acceptors (Lipinski definition) is 3. The van der Waals surface area contributed by atoms with Crippen LogP contribution in [-0.4, -0.2) is 31.2 Å². The van der Waals surface area contributed by atoms with Crippen LogP contribution in [0.4, 0.5) is 8.78 Å². The number of likely N-dealkylation sites (N-methyl/N-ethyl adjacent to an activating group) is 1. The quantitative estimate of drug-likeness (QED) is 0.758. The number of rotatable bonds is 4. The SMILES string of the molecule is CON(C)C(=O)C(C)Oc1ccc(F)cc1F. The summed E-state index contributed by atoms with van der Waals surface area (Å²) < 4.78 is 30.9. The van der Waals surface area contributed by atoms with E-state index in [2.05, 4.69) is 4.84 Å². The van der Waals surface area contributed by atoms with Gasteiger partial charge >= 0.3 is 0 Å².